The van der Waals surface area contributed by atoms with Gasteiger partial charge in [0.25, 0.3) is 5.92 Å². The molecule has 105 valence electrons. The van der Waals surface area contributed by atoms with Crippen molar-refractivity contribution >= 4 is 8.41 Å². The number of halogens is 2. The predicted molar refractivity (Wildman–Crippen MR) is 76.8 cm³/mol. The van der Waals surface area contributed by atoms with E-state index in [4.69, 9.17) is 0 Å². The highest BCUT2D eigenvalue weighted by Gasteiger charge is 2.54. The minimum absolute atomic E-state index is 0. The molecule has 1 aliphatic carbocycles. The van der Waals surface area contributed by atoms with Gasteiger partial charge in [0.2, 0.25) is 0 Å². The van der Waals surface area contributed by atoms with Crippen LogP contribution in [0.3, 0.4) is 0 Å². The lowest BCUT2D eigenvalue weighted by Crippen LogP contribution is -2.27. The van der Waals surface area contributed by atoms with Gasteiger partial charge in [-0.3, -0.25) is 0 Å². The maximum atomic E-state index is 13.2. The van der Waals surface area contributed by atoms with Crippen LogP contribution in [0.5, 0.6) is 0 Å². The predicted octanol–water partition coefficient (Wildman–Crippen LogP) is 5.49. The molecule has 3 radical (unpaired) electrons. The summed E-state index contributed by atoms with van der Waals surface area (Å²) in [5, 5.41) is 0. The van der Waals surface area contributed by atoms with Crippen LogP contribution in [-0.2, 0) is 0 Å². The second-order valence-electron chi connectivity index (χ2n) is 3.97. The van der Waals surface area contributed by atoms with E-state index in [2.05, 4.69) is 0 Å². The third-order valence-electron chi connectivity index (χ3n) is 3.62. The monoisotopic (exact) mass is 249 g/mol. The molecule has 0 bridgehead atoms. The summed E-state index contributed by atoms with van der Waals surface area (Å²) in [5.74, 6) is -3.04. The fourth-order valence-electron chi connectivity index (χ4n) is 2.03. The summed E-state index contributed by atoms with van der Waals surface area (Å²) in [6.45, 7) is 15.2. The maximum absolute atomic E-state index is 13.2. The summed E-state index contributed by atoms with van der Waals surface area (Å²) in [6, 6.07) is 0. The number of hydrogen-bond acceptors (Lipinski definition) is 0. The van der Waals surface area contributed by atoms with Crippen molar-refractivity contribution in [3.05, 3.63) is 0 Å². The zero-order chi connectivity index (χ0) is 12.8. The fourth-order valence-corrected chi connectivity index (χ4v) is 2.03. The molecule has 1 aliphatic rings. The van der Waals surface area contributed by atoms with Gasteiger partial charge in [0.1, 0.15) is 0 Å². The van der Waals surface area contributed by atoms with E-state index in [0.717, 1.165) is 0 Å². The topological polar surface area (TPSA) is 0 Å². The molecule has 0 saturated heterocycles. The number of hydrogen-bond donors (Lipinski definition) is 0. The highest BCUT2D eigenvalue weighted by atomic mass is 19.3. The van der Waals surface area contributed by atoms with Gasteiger partial charge in [-0.25, -0.2) is 8.78 Å². The first kappa shape index (κ1) is 25.7. The van der Waals surface area contributed by atoms with Crippen molar-refractivity contribution in [1.29, 1.82) is 0 Å². The van der Waals surface area contributed by atoms with E-state index in [0.29, 0.717) is 0 Å². The lowest BCUT2D eigenvalue weighted by atomic mass is 9.92. The summed E-state index contributed by atoms with van der Waals surface area (Å²) in [4.78, 5) is 0. The lowest BCUT2D eigenvalue weighted by molar-refractivity contribution is -0.0723. The van der Waals surface area contributed by atoms with Gasteiger partial charge in [-0.2, -0.15) is 0 Å². The highest BCUT2D eigenvalue weighted by Crippen LogP contribution is 2.51. The summed E-state index contributed by atoms with van der Waals surface area (Å²) < 4.78 is 26.5. The lowest BCUT2D eigenvalue weighted by Gasteiger charge is -2.20. The molecule has 0 nitrogen and oxygen atoms in total. The third kappa shape index (κ3) is 5.39. The van der Waals surface area contributed by atoms with E-state index in [1.54, 1.807) is 13.8 Å². The number of alkyl halides is 2. The van der Waals surface area contributed by atoms with Crippen molar-refractivity contribution in [2.75, 3.05) is 0 Å². The molecule has 0 heterocycles. The van der Waals surface area contributed by atoms with Gasteiger partial charge in [0.05, 0.1) is 0 Å². The Balaban J connectivity index is -0.000000128. The third-order valence-corrected chi connectivity index (χ3v) is 3.62. The first-order valence-corrected chi connectivity index (χ1v) is 6.26. The Hall–Kier alpha value is -0.0751. The molecule has 4 atom stereocenters. The van der Waals surface area contributed by atoms with Crippen LogP contribution in [0.1, 0.15) is 62.8 Å². The average Bonchev–Trinajstić information content (AvgIpc) is 2.40. The van der Waals surface area contributed by atoms with Crippen LogP contribution >= 0.6 is 0 Å². The molecule has 17 heavy (non-hydrogen) atoms. The Labute approximate surface area is 110 Å². The van der Waals surface area contributed by atoms with E-state index in [9.17, 15) is 8.78 Å². The van der Waals surface area contributed by atoms with Crippen molar-refractivity contribution in [1.82, 2.24) is 0 Å². The van der Waals surface area contributed by atoms with E-state index >= 15 is 0 Å². The molecule has 4 unspecified atom stereocenters. The van der Waals surface area contributed by atoms with E-state index in [-0.39, 0.29) is 27.7 Å². The van der Waals surface area contributed by atoms with Gasteiger partial charge in [0.15, 0.2) is 0 Å². The standard InChI is InChI=1S/C9H16F2.2C2H6.CH4.B/c1-5-6(2)8(4)9(10,11)7(5)3;2*1-2;;/h5-8H,1-4H3;2*1-2H3;1H4;. The van der Waals surface area contributed by atoms with Crippen LogP contribution in [0.4, 0.5) is 8.78 Å². The van der Waals surface area contributed by atoms with Crippen molar-refractivity contribution in [2.45, 2.75) is 68.7 Å². The normalized spacial score (nSPS) is 32.8. The Bertz CT molecular complexity index is 144. The van der Waals surface area contributed by atoms with Crippen molar-refractivity contribution in [3.8, 4) is 0 Å². The minimum atomic E-state index is -2.45. The van der Waals surface area contributed by atoms with Crippen LogP contribution in [0, 0.1) is 23.7 Å². The first-order valence-electron chi connectivity index (χ1n) is 6.26. The molecular formula is C14H32BF2. The summed E-state index contributed by atoms with van der Waals surface area (Å²) in [5.41, 5.74) is 0. The summed E-state index contributed by atoms with van der Waals surface area (Å²) in [6.07, 6.45) is 0. The van der Waals surface area contributed by atoms with Gasteiger partial charge in [0, 0.05) is 20.2 Å². The Kier molecular flexibility index (Phi) is 16.7. The fraction of sp³-hybridized carbons (Fsp3) is 1.00. The molecule has 0 aromatic carbocycles. The number of rotatable bonds is 0. The highest BCUT2D eigenvalue weighted by molar-refractivity contribution is 5.75. The van der Waals surface area contributed by atoms with Gasteiger partial charge in [-0.05, 0) is 11.8 Å². The molecule has 0 aromatic rings. The maximum Gasteiger partial charge on any atom is 0.253 e. The Morgan fingerprint density at radius 3 is 0.941 bits per heavy atom. The molecule has 1 fully saturated rings. The molecule has 0 aliphatic heterocycles. The largest absolute Gasteiger partial charge is 0.253 e. The zero-order valence-electron chi connectivity index (χ0n) is 12.1. The van der Waals surface area contributed by atoms with Crippen molar-refractivity contribution in [2.24, 2.45) is 23.7 Å². The van der Waals surface area contributed by atoms with Gasteiger partial charge >= 0.3 is 0 Å². The van der Waals surface area contributed by atoms with E-state index in [1.165, 1.54) is 0 Å². The van der Waals surface area contributed by atoms with Crippen molar-refractivity contribution in [3.63, 3.8) is 0 Å². The Morgan fingerprint density at radius 1 is 0.706 bits per heavy atom. The molecular weight excluding hydrogens is 217 g/mol. The van der Waals surface area contributed by atoms with E-state index in [1.807, 2.05) is 41.5 Å². The second kappa shape index (κ2) is 11.0. The molecule has 3 heteroatoms. The first-order chi connectivity index (χ1) is 6.89. The van der Waals surface area contributed by atoms with Gasteiger partial charge in [-0.15, -0.1) is 0 Å². The molecule has 0 spiro atoms. The van der Waals surface area contributed by atoms with Crippen LogP contribution in [0.25, 0.3) is 0 Å². The summed E-state index contributed by atoms with van der Waals surface area (Å²) in [7, 11) is 0. The van der Waals surface area contributed by atoms with Crippen LogP contribution in [-0.4, -0.2) is 14.3 Å². The quantitative estimate of drug-likeness (QED) is 0.498. The molecule has 1 rings (SSSR count). The van der Waals surface area contributed by atoms with Crippen molar-refractivity contribution < 1.29 is 8.78 Å². The van der Waals surface area contributed by atoms with Crippen LogP contribution in [0.2, 0.25) is 0 Å². The molecule has 0 aromatic heterocycles. The molecule has 1 saturated carbocycles. The zero-order valence-corrected chi connectivity index (χ0v) is 12.1. The van der Waals surface area contributed by atoms with Crippen LogP contribution < -0.4 is 0 Å². The average molecular weight is 249 g/mol. The van der Waals surface area contributed by atoms with E-state index < -0.39 is 17.8 Å². The molecule has 0 N–H and O–H groups in total. The smallest absolute Gasteiger partial charge is 0.206 e. The van der Waals surface area contributed by atoms with Gasteiger partial charge in [-0.1, -0.05) is 62.8 Å². The van der Waals surface area contributed by atoms with Crippen LogP contribution in [0.15, 0.2) is 0 Å². The SMILES string of the molecule is C.CC.CC.CC1C(C)C(C)C(F)(F)C1C.[B]. The molecule has 0 amide bonds. The summed E-state index contributed by atoms with van der Waals surface area (Å²) >= 11 is 0. The minimum Gasteiger partial charge on any atom is -0.206 e. The Morgan fingerprint density at radius 2 is 0.882 bits per heavy atom. The van der Waals surface area contributed by atoms with Gasteiger partial charge < -0.3 is 0 Å². The second-order valence-corrected chi connectivity index (χ2v) is 3.97.